The van der Waals surface area contributed by atoms with Gasteiger partial charge >= 0.3 is 0 Å². The molecule has 88 valence electrons. The van der Waals surface area contributed by atoms with Crippen molar-refractivity contribution in [3.8, 4) is 0 Å². The Morgan fingerprint density at radius 1 is 1.31 bits per heavy atom. The fraction of sp³-hybridized carbons (Fsp3) is 0.600. The predicted octanol–water partition coefficient (Wildman–Crippen LogP) is 3.48. The summed E-state index contributed by atoms with van der Waals surface area (Å²) in [5.41, 5.74) is 9.69. The third-order valence-corrected chi connectivity index (χ3v) is 3.64. The maximum atomic E-state index is 6.30. The van der Waals surface area contributed by atoms with Gasteiger partial charge in [0.25, 0.3) is 0 Å². The molecule has 1 heteroatoms. The average Bonchev–Trinajstić information content (AvgIpc) is 2.16. The Labute approximate surface area is 99.0 Å². The summed E-state index contributed by atoms with van der Waals surface area (Å²) in [5.74, 6) is 0.610. The van der Waals surface area contributed by atoms with Crippen molar-refractivity contribution in [2.24, 2.45) is 11.1 Å². The lowest BCUT2D eigenvalue weighted by Crippen LogP contribution is -2.36. The SMILES string of the molecule is CC(C)(C)CCC(N)C1Cc2ccccc21. The van der Waals surface area contributed by atoms with E-state index in [0.29, 0.717) is 17.4 Å². The van der Waals surface area contributed by atoms with Gasteiger partial charge in [-0.15, -0.1) is 0 Å². The number of hydrogen-bond donors (Lipinski definition) is 1. The molecule has 0 saturated heterocycles. The van der Waals surface area contributed by atoms with Gasteiger partial charge in [0.05, 0.1) is 0 Å². The van der Waals surface area contributed by atoms with Crippen molar-refractivity contribution in [1.82, 2.24) is 0 Å². The first kappa shape index (κ1) is 11.7. The highest BCUT2D eigenvalue weighted by Crippen LogP contribution is 2.38. The van der Waals surface area contributed by atoms with Gasteiger partial charge in [-0.25, -0.2) is 0 Å². The molecule has 1 aromatic carbocycles. The topological polar surface area (TPSA) is 26.0 Å². The summed E-state index contributed by atoms with van der Waals surface area (Å²) in [7, 11) is 0. The lowest BCUT2D eigenvalue weighted by molar-refractivity contribution is 0.327. The van der Waals surface area contributed by atoms with E-state index in [1.54, 1.807) is 0 Å². The Bertz CT molecular complexity index is 362. The molecule has 0 aliphatic heterocycles. The Hall–Kier alpha value is -0.820. The third-order valence-electron chi connectivity index (χ3n) is 3.64. The zero-order valence-electron chi connectivity index (χ0n) is 10.7. The molecule has 0 bridgehead atoms. The summed E-state index contributed by atoms with van der Waals surface area (Å²) in [6, 6.07) is 9.05. The van der Waals surface area contributed by atoms with Crippen molar-refractivity contribution in [2.75, 3.05) is 0 Å². The van der Waals surface area contributed by atoms with E-state index in [-0.39, 0.29) is 0 Å². The molecule has 0 saturated carbocycles. The van der Waals surface area contributed by atoms with Gasteiger partial charge in [0, 0.05) is 12.0 Å². The van der Waals surface area contributed by atoms with Crippen LogP contribution < -0.4 is 5.73 Å². The van der Waals surface area contributed by atoms with E-state index in [1.165, 1.54) is 24.0 Å². The van der Waals surface area contributed by atoms with Crippen LogP contribution in [0.4, 0.5) is 0 Å². The molecule has 0 heterocycles. The van der Waals surface area contributed by atoms with Gasteiger partial charge < -0.3 is 5.73 Å². The number of hydrogen-bond acceptors (Lipinski definition) is 1. The van der Waals surface area contributed by atoms with Gasteiger partial charge in [-0.05, 0) is 35.8 Å². The van der Waals surface area contributed by atoms with Crippen LogP contribution in [0.1, 0.15) is 50.7 Å². The molecule has 2 N–H and O–H groups in total. The minimum atomic E-state index is 0.342. The Kier molecular flexibility index (Phi) is 3.07. The fourth-order valence-electron chi connectivity index (χ4n) is 2.48. The van der Waals surface area contributed by atoms with Crippen molar-refractivity contribution in [3.63, 3.8) is 0 Å². The summed E-state index contributed by atoms with van der Waals surface area (Å²) in [6.07, 6.45) is 3.54. The van der Waals surface area contributed by atoms with E-state index in [1.807, 2.05) is 0 Å². The highest BCUT2D eigenvalue weighted by molar-refractivity contribution is 5.41. The monoisotopic (exact) mass is 217 g/mol. The molecule has 0 spiro atoms. The fourth-order valence-corrected chi connectivity index (χ4v) is 2.48. The number of fused-ring (bicyclic) bond motifs is 1. The van der Waals surface area contributed by atoms with Crippen LogP contribution in [-0.4, -0.2) is 6.04 Å². The molecular weight excluding hydrogens is 194 g/mol. The first-order valence-corrected chi connectivity index (χ1v) is 6.31. The summed E-state index contributed by atoms with van der Waals surface area (Å²) >= 11 is 0. The smallest absolute Gasteiger partial charge is 0.0111 e. The summed E-state index contributed by atoms with van der Waals surface area (Å²) in [4.78, 5) is 0. The van der Waals surface area contributed by atoms with Gasteiger partial charge in [-0.3, -0.25) is 0 Å². The molecule has 2 unspecified atom stereocenters. The highest BCUT2D eigenvalue weighted by atomic mass is 14.7. The largest absolute Gasteiger partial charge is 0.327 e. The molecule has 2 atom stereocenters. The molecule has 16 heavy (non-hydrogen) atoms. The number of benzene rings is 1. The maximum Gasteiger partial charge on any atom is 0.0111 e. The van der Waals surface area contributed by atoms with Crippen LogP contribution in [0.2, 0.25) is 0 Å². The second-order valence-corrected chi connectivity index (χ2v) is 6.27. The van der Waals surface area contributed by atoms with Crippen molar-refractivity contribution in [3.05, 3.63) is 35.4 Å². The molecule has 1 aromatic rings. The molecule has 0 amide bonds. The molecule has 1 nitrogen and oxygen atoms in total. The minimum absolute atomic E-state index is 0.342. The van der Waals surface area contributed by atoms with E-state index in [9.17, 15) is 0 Å². The van der Waals surface area contributed by atoms with Crippen LogP contribution in [0.15, 0.2) is 24.3 Å². The van der Waals surface area contributed by atoms with E-state index in [4.69, 9.17) is 5.73 Å². The van der Waals surface area contributed by atoms with Gasteiger partial charge in [0.1, 0.15) is 0 Å². The van der Waals surface area contributed by atoms with E-state index < -0.39 is 0 Å². The van der Waals surface area contributed by atoms with E-state index >= 15 is 0 Å². The molecule has 1 aliphatic carbocycles. The Balaban J connectivity index is 1.92. The summed E-state index contributed by atoms with van der Waals surface area (Å²) in [5, 5.41) is 0. The quantitative estimate of drug-likeness (QED) is 0.824. The van der Waals surface area contributed by atoms with Crippen molar-refractivity contribution in [2.45, 2.75) is 52.0 Å². The van der Waals surface area contributed by atoms with Crippen molar-refractivity contribution in [1.29, 1.82) is 0 Å². The molecule has 0 radical (unpaired) electrons. The molecule has 1 aliphatic rings. The zero-order chi connectivity index (χ0) is 11.8. The summed E-state index contributed by atoms with van der Waals surface area (Å²) < 4.78 is 0. The van der Waals surface area contributed by atoms with Gasteiger partial charge in [0.15, 0.2) is 0 Å². The first-order chi connectivity index (χ1) is 7.47. The predicted molar refractivity (Wildman–Crippen MR) is 69.6 cm³/mol. The van der Waals surface area contributed by atoms with Gasteiger partial charge in [0.2, 0.25) is 0 Å². The van der Waals surface area contributed by atoms with Crippen molar-refractivity contribution >= 4 is 0 Å². The normalized spacial score (nSPS) is 21.1. The average molecular weight is 217 g/mol. The molecular formula is C15H23N. The Morgan fingerprint density at radius 3 is 2.62 bits per heavy atom. The van der Waals surface area contributed by atoms with E-state index in [2.05, 4.69) is 45.0 Å². The molecule has 0 fully saturated rings. The Morgan fingerprint density at radius 2 is 2.00 bits per heavy atom. The third kappa shape index (κ3) is 2.46. The van der Waals surface area contributed by atoms with Gasteiger partial charge in [-0.1, -0.05) is 45.0 Å². The van der Waals surface area contributed by atoms with Crippen LogP contribution >= 0.6 is 0 Å². The summed E-state index contributed by atoms with van der Waals surface area (Å²) in [6.45, 7) is 6.86. The van der Waals surface area contributed by atoms with Crippen LogP contribution in [0.5, 0.6) is 0 Å². The standard InChI is InChI=1S/C15H23N/c1-15(2,3)9-8-14(16)13-10-11-6-4-5-7-12(11)13/h4-7,13-14H,8-10,16H2,1-3H3. The highest BCUT2D eigenvalue weighted by Gasteiger charge is 2.30. The van der Waals surface area contributed by atoms with Crippen LogP contribution in [-0.2, 0) is 6.42 Å². The second-order valence-electron chi connectivity index (χ2n) is 6.27. The number of nitrogens with two attached hydrogens (primary N) is 1. The van der Waals surface area contributed by atoms with E-state index in [0.717, 1.165) is 6.42 Å². The van der Waals surface area contributed by atoms with Crippen LogP contribution in [0.25, 0.3) is 0 Å². The number of rotatable bonds is 3. The van der Waals surface area contributed by atoms with Crippen LogP contribution in [0, 0.1) is 5.41 Å². The molecule has 2 rings (SSSR count). The molecule has 0 aromatic heterocycles. The minimum Gasteiger partial charge on any atom is -0.327 e. The second kappa shape index (κ2) is 4.21. The van der Waals surface area contributed by atoms with Crippen LogP contribution in [0.3, 0.4) is 0 Å². The van der Waals surface area contributed by atoms with Crippen molar-refractivity contribution < 1.29 is 0 Å². The van der Waals surface area contributed by atoms with Gasteiger partial charge in [-0.2, -0.15) is 0 Å². The lowest BCUT2D eigenvalue weighted by atomic mass is 9.72. The lowest BCUT2D eigenvalue weighted by Gasteiger charge is -2.35. The first-order valence-electron chi connectivity index (χ1n) is 6.31. The maximum absolute atomic E-state index is 6.30. The zero-order valence-corrected chi connectivity index (χ0v) is 10.7.